The van der Waals surface area contributed by atoms with Crippen molar-refractivity contribution in [3.63, 3.8) is 0 Å². The SMILES string of the molecule is Cc1ccc(C)c(N(c2ccccc2)c2cc3c4c(c2)Oc2cc(-c5ccccc5)ccc2B4c2ccc(-c4ccccc4)cc2O3)c1. The van der Waals surface area contributed by atoms with E-state index in [0.29, 0.717) is 0 Å². The highest BCUT2D eigenvalue weighted by molar-refractivity contribution is 6.98. The number of aryl methyl sites for hydroxylation is 2. The van der Waals surface area contributed by atoms with Crippen LogP contribution in [-0.4, -0.2) is 6.71 Å². The highest BCUT2D eigenvalue weighted by Gasteiger charge is 2.41. The van der Waals surface area contributed by atoms with Crippen molar-refractivity contribution in [1.82, 2.24) is 0 Å². The van der Waals surface area contributed by atoms with Crippen molar-refractivity contribution in [2.24, 2.45) is 0 Å². The lowest BCUT2D eigenvalue weighted by atomic mass is 9.34. The van der Waals surface area contributed by atoms with Crippen molar-refractivity contribution in [1.29, 1.82) is 0 Å². The lowest BCUT2D eigenvalue weighted by molar-refractivity contribution is 0.465. The smallest absolute Gasteiger partial charge is 0.260 e. The van der Waals surface area contributed by atoms with Crippen LogP contribution in [0.5, 0.6) is 23.0 Å². The van der Waals surface area contributed by atoms with E-state index in [2.05, 4.69) is 176 Å². The van der Waals surface area contributed by atoms with Gasteiger partial charge in [-0.15, -0.1) is 0 Å². The standard InChI is InChI=1S/C44H32BNO2/c1-29-18-19-30(2)39(24-29)46(35-16-10-5-11-17-35)36-27-42-44-43(28-36)48-41-26-34(32-14-8-4-9-15-32)21-23-38(41)45(44)37-22-20-33(25-40(37)47-42)31-12-6-3-7-13-31/h3-28H,1-2H3. The van der Waals surface area contributed by atoms with Gasteiger partial charge in [0.25, 0.3) is 6.71 Å². The third-order valence-corrected chi connectivity index (χ3v) is 9.56. The highest BCUT2D eigenvalue weighted by Crippen LogP contribution is 2.44. The summed E-state index contributed by atoms with van der Waals surface area (Å²) < 4.78 is 13.8. The van der Waals surface area contributed by atoms with Gasteiger partial charge in [-0.25, -0.2) is 0 Å². The zero-order valence-corrected chi connectivity index (χ0v) is 26.9. The van der Waals surface area contributed by atoms with Gasteiger partial charge in [0.1, 0.15) is 23.0 Å². The van der Waals surface area contributed by atoms with Gasteiger partial charge in [-0.1, -0.05) is 115 Å². The maximum atomic E-state index is 6.90. The molecule has 0 N–H and O–H groups in total. The lowest BCUT2D eigenvalue weighted by Crippen LogP contribution is -2.57. The summed E-state index contributed by atoms with van der Waals surface area (Å²) in [6.45, 7) is 4.28. The van der Waals surface area contributed by atoms with Gasteiger partial charge in [0.15, 0.2) is 0 Å². The highest BCUT2D eigenvalue weighted by atomic mass is 16.5. The summed E-state index contributed by atoms with van der Waals surface area (Å²) >= 11 is 0. The molecule has 9 rings (SSSR count). The van der Waals surface area contributed by atoms with Crippen LogP contribution in [-0.2, 0) is 0 Å². The molecule has 7 aromatic rings. The van der Waals surface area contributed by atoms with E-state index < -0.39 is 0 Å². The van der Waals surface area contributed by atoms with Crippen LogP contribution in [0.3, 0.4) is 0 Å². The molecule has 0 aromatic heterocycles. The Balaban J connectivity index is 1.27. The largest absolute Gasteiger partial charge is 0.458 e. The Hall–Kier alpha value is -6.00. The predicted octanol–water partition coefficient (Wildman–Crippen LogP) is 9.83. The molecule has 3 nitrogen and oxygen atoms in total. The Labute approximate surface area is 281 Å². The zero-order chi connectivity index (χ0) is 32.2. The number of hydrogen-bond acceptors (Lipinski definition) is 3. The molecular weight excluding hydrogens is 585 g/mol. The van der Waals surface area contributed by atoms with Crippen molar-refractivity contribution in [3.05, 3.63) is 169 Å². The topological polar surface area (TPSA) is 21.7 Å². The number of anilines is 3. The zero-order valence-electron chi connectivity index (χ0n) is 26.9. The molecule has 0 amide bonds. The van der Waals surface area contributed by atoms with Crippen LogP contribution in [0.2, 0.25) is 0 Å². The Kier molecular flexibility index (Phi) is 6.68. The number of para-hydroxylation sites is 1. The Bertz CT molecular complexity index is 2210. The summed E-state index contributed by atoms with van der Waals surface area (Å²) in [4.78, 5) is 2.31. The molecule has 2 heterocycles. The van der Waals surface area contributed by atoms with Crippen LogP contribution in [0.4, 0.5) is 17.1 Å². The Morgan fingerprint density at radius 3 is 1.50 bits per heavy atom. The molecule has 0 aliphatic carbocycles. The van der Waals surface area contributed by atoms with E-state index >= 15 is 0 Å². The second-order valence-corrected chi connectivity index (χ2v) is 12.7. The van der Waals surface area contributed by atoms with Gasteiger partial charge in [0.2, 0.25) is 0 Å². The predicted molar refractivity (Wildman–Crippen MR) is 199 cm³/mol. The lowest BCUT2D eigenvalue weighted by Gasteiger charge is -2.35. The summed E-state index contributed by atoms with van der Waals surface area (Å²) in [5.74, 6) is 3.37. The summed E-state index contributed by atoms with van der Waals surface area (Å²) in [7, 11) is 0. The second kappa shape index (κ2) is 11.4. The van der Waals surface area contributed by atoms with E-state index in [4.69, 9.17) is 9.47 Å². The first kappa shape index (κ1) is 28.2. The maximum absolute atomic E-state index is 6.90. The van der Waals surface area contributed by atoms with Gasteiger partial charge in [-0.05, 0) is 88.5 Å². The first-order chi connectivity index (χ1) is 23.6. The van der Waals surface area contributed by atoms with Gasteiger partial charge in [0.05, 0.1) is 5.69 Å². The third-order valence-electron chi connectivity index (χ3n) is 9.56. The van der Waals surface area contributed by atoms with Crippen LogP contribution in [0, 0.1) is 13.8 Å². The normalized spacial score (nSPS) is 12.2. The van der Waals surface area contributed by atoms with Crippen LogP contribution in [0.15, 0.2) is 158 Å². The Morgan fingerprint density at radius 1 is 0.438 bits per heavy atom. The van der Waals surface area contributed by atoms with E-state index in [1.165, 1.54) is 11.1 Å². The molecule has 4 heteroatoms. The summed E-state index contributed by atoms with van der Waals surface area (Å²) in [5, 5.41) is 0. The molecule has 228 valence electrons. The molecule has 0 spiro atoms. The van der Waals surface area contributed by atoms with Crippen molar-refractivity contribution < 1.29 is 9.47 Å². The van der Waals surface area contributed by atoms with Gasteiger partial charge in [-0.2, -0.15) is 0 Å². The number of fused-ring (bicyclic) bond motifs is 4. The molecule has 2 aliphatic heterocycles. The van der Waals surface area contributed by atoms with Crippen LogP contribution >= 0.6 is 0 Å². The van der Waals surface area contributed by atoms with Gasteiger partial charge >= 0.3 is 0 Å². The van der Waals surface area contributed by atoms with Crippen molar-refractivity contribution >= 4 is 40.2 Å². The average molecular weight is 618 g/mol. The van der Waals surface area contributed by atoms with Gasteiger partial charge < -0.3 is 14.4 Å². The molecular formula is C44H32BNO2. The molecule has 0 fully saturated rings. The fourth-order valence-electron chi connectivity index (χ4n) is 7.19. The molecule has 0 saturated carbocycles. The average Bonchev–Trinajstić information content (AvgIpc) is 3.13. The van der Waals surface area contributed by atoms with E-state index in [0.717, 1.165) is 78.7 Å². The molecule has 0 atom stereocenters. The summed E-state index contributed by atoms with van der Waals surface area (Å²) in [6.07, 6.45) is 0. The molecule has 0 bridgehead atoms. The van der Waals surface area contributed by atoms with E-state index in [1.54, 1.807) is 0 Å². The minimum atomic E-state index is -0.0305. The Morgan fingerprint density at radius 2 is 0.958 bits per heavy atom. The maximum Gasteiger partial charge on any atom is 0.260 e. The first-order valence-corrected chi connectivity index (χ1v) is 16.5. The third kappa shape index (κ3) is 4.77. The molecule has 2 aliphatic rings. The second-order valence-electron chi connectivity index (χ2n) is 12.7. The quantitative estimate of drug-likeness (QED) is 0.180. The number of rotatable bonds is 5. The molecule has 0 saturated heterocycles. The minimum absolute atomic E-state index is 0.0305. The van der Waals surface area contributed by atoms with Crippen LogP contribution in [0.1, 0.15) is 11.1 Å². The fraction of sp³-hybridized carbons (Fsp3) is 0.0455. The molecule has 0 radical (unpaired) electrons. The monoisotopic (exact) mass is 617 g/mol. The molecule has 48 heavy (non-hydrogen) atoms. The van der Waals surface area contributed by atoms with Crippen LogP contribution < -0.4 is 30.8 Å². The van der Waals surface area contributed by atoms with Gasteiger partial charge in [0, 0.05) is 29.0 Å². The van der Waals surface area contributed by atoms with E-state index in [1.807, 2.05) is 0 Å². The molecule has 0 unspecified atom stereocenters. The van der Waals surface area contributed by atoms with Crippen LogP contribution in [0.25, 0.3) is 22.3 Å². The number of ether oxygens (including phenoxy) is 2. The summed E-state index contributed by atoms with van der Waals surface area (Å²) in [6, 6.07) is 55.8. The number of benzene rings is 7. The van der Waals surface area contributed by atoms with Crippen molar-refractivity contribution in [3.8, 4) is 45.3 Å². The molecule has 7 aromatic carbocycles. The van der Waals surface area contributed by atoms with E-state index in [-0.39, 0.29) is 6.71 Å². The summed E-state index contributed by atoms with van der Waals surface area (Å²) in [5.41, 5.74) is 13.5. The fourth-order valence-corrected chi connectivity index (χ4v) is 7.19. The van der Waals surface area contributed by atoms with Crippen molar-refractivity contribution in [2.75, 3.05) is 4.90 Å². The minimum Gasteiger partial charge on any atom is -0.458 e. The van der Waals surface area contributed by atoms with E-state index in [9.17, 15) is 0 Å². The van der Waals surface area contributed by atoms with Crippen molar-refractivity contribution in [2.45, 2.75) is 13.8 Å². The van der Waals surface area contributed by atoms with Gasteiger partial charge in [-0.3, -0.25) is 0 Å². The number of nitrogens with zero attached hydrogens (tertiary/aromatic N) is 1. The number of hydrogen-bond donors (Lipinski definition) is 0. The first-order valence-electron chi connectivity index (χ1n) is 16.5.